The molecular weight excluding hydrogens is 308 g/mol. The monoisotopic (exact) mass is 334 g/mol. The number of amides is 1. The van der Waals surface area contributed by atoms with Crippen molar-refractivity contribution in [1.29, 1.82) is 0 Å². The molecule has 3 heteroatoms. The second kappa shape index (κ2) is 8.13. The number of rotatable bonds is 4. The van der Waals surface area contributed by atoms with E-state index in [1.54, 1.807) is 6.08 Å². The molecule has 0 bridgehead atoms. The highest BCUT2D eigenvalue weighted by atomic mass is 16.2. The Bertz CT molecular complexity index is 673. The molecule has 3 nitrogen and oxygen atoms in total. The van der Waals surface area contributed by atoms with Gasteiger partial charge >= 0.3 is 0 Å². The predicted molar refractivity (Wildman–Crippen MR) is 102 cm³/mol. The van der Waals surface area contributed by atoms with E-state index in [0.29, 0.717) is 0 Å². The van der Waals surface area contributed by atoms with Crippen molar-refractivity contribution in [2.45, 2.75) is 19.9 Å². The molecule has 1 aliphatic rings. The molecule has 1 amide bonds. The first-order chi connectivity index (χ1) is 12.1. The molecule has 1 fully saturated rings. The minimum Gasteiger partial charge on any atom is -0.337 e. The lowest BCUT2D eigenvalue weighted by atomic mass is 9.96. The smallest absolute Gasteiger partial charge is 0.246 e. The molecular formula is C22H26N2O. The number of hydrogen-bond donors (Lipinski definition) is 0. The highest BCUT2D eigenvalue weighted by Crippen LogP contribution is 2.29. The van der Waals surface area contributed by atoms with Gasteiger partial charge in [0.15, 0.2) is 0 Å². The van der Waals surface area contributed by atoms with E-state index in [2.05, 4.69) is 65.6 Å². The van der Waals surface area contributed by atoms with Gasteiger partial charge in [-0.05, 0) is 25.0 Å². The van der Waals surface area contributed by atoms with Crippen LogP contribution in [-0.2, 0) is 4.79 Å². The number of piperazine rings is 1. The molecule has 1 heterocycles. The predicted octanol–water partition coefficient (Wildman–Crippen LogP) is 3.89. The Morgan fingerprint density at radius 2 is 1.32 bits per heavy atom. The molecule has 0 N–H and O–H groups in total. The van der Waals surface area contributed by atoms with Crippen LogP contribution in [0.25, 0.3) is 0 Å². The van der Waals surface area contributed by atoms with Crippen molar-refractivity contribution < 1.29 is 4.79 Å². The molecule has 0 atom stereocenters. The van der Waals surface area contributed by atoms with Crippen LogP contribution in [0.4, 0.5) is 0 Å². The lowest BCUT2D eigenvalue weighted by Gasteiger charge is -2.39. The van der Waals surface area contributed by atoms with E-state index in [1.807, 2.05) is 18.7 Å². The van der Waals surface area contributed by atoms with Gasteiger partial charge in [-0.1, -0.05) is 66.2 Å². The zero-order chi connectivity index (χ0) is 17.6. The van der Waals surface area contributed by atoms with Crippen molar-refractivity contribution in [2.75, 3.05) is 26.2 Å². The summed E-state index contributed by atoms with van der Waals surface area (Å²) in [5, 5.41) is 0. The summed E-state index contributed by atoms with van der Waals surface area (Å²) in [6, 6.07) is 21.5. The lowest BCUT2D eigenvalue weighted by molar-refractivity contribution is -0.128. The van der Waals surface area contributed by atoms with Gasteiger partial charge in [0.05, 0.1) is 6.04 Å². The van der Waals surface area contributed by atoms with E-state index >= 15 is 0 Å². The summed E-state index contributed by atoms with van der Waals surface area (Å²) in [6.45, 7) is 7.26. The Labute approximate surface area is 150 Å². The van der Waals surface area contributed by atoms with Gasteiger partial charge in [0.25, 0.3) is 0 Å². The zero-order valence-corrected chi connectivity index (χ0v) is 15.1. The fourth-order valence-corrected chi connectivity index (χ4v) is 3.42. The number of carbonyl (C=O) groups excluding carboxylic acids is 1. The van der Waals surface area contributed by atoms with Crippen LogP contribution in [0.3, 0.4) is 0 Å². The van der Waals surface area contributed by atoms with Gasteiger partial charge in [-0.25, -0.2) is 0 Å². The molecule has 0 unspecified atom stereocenters. The highest BCUT2D eigenvalue weighted by molar-refractivity contribution is 5.88. The first kappa shape index (κ1) is 17.4. The molecule has 1 aliphatic heterocycles. The Hall–Kier alpha value is -2.39. The molecule has 0 radical (unpaired) electrons. The van der Waals surface area contributed by atoms with Gasteiger partial charge in [-0.15, -0.1) is 0 Å². The third kappa shape index (κ3) is 4.37. The van der Waals surface area contributed by atoms with E-state index in [0.717, 1.165) is 31.8 Å². The molecule has 0 spiro atoms. The standard InChI is InChI=1S/C22H26N2O/c1-18(2)17-21(25)23-13-15-24(16-14-23)22(19-9-5-3-6-10-19)20-11-7-4-8-12-20/h3-12,17,22H,13-16H2,1-2H3. The minimum absolute atomic E-state index is 0.135. The summed E-state index contributed by atoms with van der Waals surface area (Å²) in [4.78, 5) is 16.7. The lowest BCUT2D eigenvalue weighted by Crippen LogP contribution is -2.49. The van der Waals surface area contributed by atoms with Crippen molar-refractivity contribution in [2.24, 2.45) is 0 Å². The van der Waals surface area contributed by atoms with Crippen LogP contribution in [0.2, 0.25) is 0 Å². The van der Waals surface area contributed by atoms with Gasteiger partial charge in [0.2, 0.25) is 5.91 Å². The third-order valence-corrected chi connectivity index (χ3v) is 4.63. The summed E-state index contributed by atoms with van der Waals surface area (Å²) in [7, 11) is 0. The first-order valence-electron chi connectivity index (χ1n) is 8.93. The Kier molecular flexibility index (Phi) is 5.67. The van der Waals surface area contributed by atoms with E-state index in [1.165, 1.54) is 11.1 Å². The average molecular weight is 334 g/mol. The van der Waals surface area contributed by atoms with E-state index in [4.69, 9.17) is 0 Å². The van der Waals surface area contributed by atoms with Gasteiger partial charge in [0.1, 0.15) is 0 Å². The molecule has 0 aliphatic carbocycles. The van der Waals surface area contributed by atoms with E-state index < -0.39 is 0 Å². The number of carbonyl (C=O) groups is 1. The fraction of sp³-hybridized carbons (Fsp3) is 0.318. The van der Waals surface area contributed by atoms with Gasteiger partial charge in [-0.2, -0.15) is 0 Å². The van der Waals surface area contributed by atoms with Crippen LogP contribution in [-0.4, -0.2) is 41.9 Å². The largest absolute Gasteiger partial charge is 0.337 e. The van der Waals surface area contributed by atoms with Crippen LogP contribution < -0.4 is 0 Å². The molecule has 130 valence electrons. The summed E-state index contributed by atoms with van der Waals surface area (Å²) in [5.74, 6) is 0.135. The van der Waals surface area contributed by atoms with Crippen molar-refractivity contribution in [3.63, 3.8) is 0 Å². The van der Waals surface area contributed by atoms with Gasteiger partial charge in [-0.3, -0.25) is 9.69 Å². The van der Waals surface area contributed by atoms with Crippen molar-refractivity contribution in [3.8, 4) is 0 Å². The maximum Gasteiger partial charge on any atom is 0.246 e. The molecule has 0 aromatic heterocycles. The number of nitrogens with zero attached hydrogens (tertiary/aromatic N) is 2. The minimum atomic E-state index is 0.135. The molecule has 25 heavy (non-hydrogen) atoms. The van der Waals surface area contributed by atoms with E-state index in [-0.39, 0.29) is 11.9 Å². The maximum atomic E-state index is 12.3. The average Bonchev–Trinajstić information content (AvgIpc) is 2.64. The Morgan fingerprint density at radius 3 is 1.76 bits per heavy atom. The molecule has 2 aromatic rings. The number of benzene rings is 2. The van der Waals surface area contributed by atoms with Crippen LogP contribution >= 0.6 is 0 Å². The summed E-state index contributed by atoms with van der Waals surface area (Å²) < 4.78 is 0. The van der Waals surface area contributed by atoms with Crippen LogP contribution in [0.5, 0.6) is 0 Å². The normalized spacial score (nSPS) is 15.2. The van der Waals surface area contributed by atoms with Crippen molar-refractivity contribution in [1.82, 2.24) is 9.80 Å². The number of allylic oxidation sites excluding steroid dienone is 1. The quantitative estimate of drug-likeness (QED) is 0.792. The molecule has 1 saturated heterocycles. The second-order valence-electron chi connectivity index (χ2n) is 6.81. The third-order valence-electron chi connectivity index (χ3n) is 4.63. The van der Waals surface area contributed by atoms with Crippen molar-refractivity contribution >= 4 is 5.91 Å². The van der Waals surface area contributed by atoms with Gasteiger partial charge < -0.3 is 4.90 Å². The van der Waals surface area contributed by atoms with Crippen LogP contribution in [0, 0.1) is 0 Å². The van der Waals surface area contributed by atoms with E-state index in [9.17, 15) is 4.79 Å². The zero-order valence-electron chi connectivity index (χ0n) is 15.1. The Morgan fingerprint density at radius 1 is 0.840 bits per heavy atom. The summed E-state index contributed by atoms with van der Waals surface area (Å²) >= 11 is 0. The maximum absolute atomic E-state index is 12.3. The number of hydrogen-bond acceptors (Lipinski definition) is 2. The topological polar surface area (TPSA) is 23.6 Å². The molecule has 0 saturated carbocycles. The first-order valence-corrected chi connectivity index (χ1v) is 8.93. The van der Waals surface area contributed by atoms with Gasteiger partial charge in [0, 0.05) is 32.3 Å². The second-order valence-corrected chi connectivity index (χ2v) is 6.81. The van der Waals surface area contributed by atoms with Crippen molar-refractivity contribution in [3.05, 3.63) is 83.4 Å². The summed E-state index contributed by atoms with van der Waals surface area (Å²) in [6.07, 6.45) is 1.74. The van der Waals surface area contributed by atoms with Crippen LogP contribution in [0.1, 0.15) is 31.0 Å². The molecule has 3 rings (SSSR count). The van der Waals surface area contributed by atoms with Crippen LogP contribution in [0.15, 0.2) is 72.3 Å². The highest BCUT2D eigenvalue weighted by Gasteiger charge is 2.27. The SMILES string of the molecule is CC(C)=CC(=O)N1CCN(C(c2ccccc2)c2ccccc2)CC1. The molecule has 2 aromatic carbocycles. The summed E-state index contributed by atoms with van der Waals surface area (Å²) in [5.41, 5.74) is 3.66. The Balaban J connectivity index is 1.78. The fourth-order valence-electron chi connectivity index (χ4n) is 3.42.